The lowest BCUT2D eigenvalue weighted by Crippen LogP contribution is -2.40. The van der Waals surface area contributed by atoms with Crippen molar-refractivity contribution in [2.75, 3.05) is 12.3 Å². The number of aliphatic hydroxyl groups is 2. The molecule has 0 bridgehead atoms. The second-order valence-electron chi connectivity index (χ2n) is 4.18. The molecule has 1 aromatic carbocycles. The molecule has 5 heteroatoms. The molecule has 5 nitrogen and oxygen atoms in total. The molecule has 17 heavy (non-hydrogen) atoms. The predicted molar refractivity (Wildman–Crippen MR) is 62.5 cm³/mol. The van der Waals surface area contributed by atoms with E-state index in [-0.39, 0.29) is 12.7 Å². The lowest BCUT2D eigenvalue weighted by Gasteiger charge is -2.32. The van der Waals surface area contributed by atoms with Gasteiger partial charge in [0, 0.05) is 18.5 Å². The molecule has 0 radical (unpaired) electrons. The van der Waals surface area contributed by atoms with Gasteiger partial charge < -0.3 is 25.4 Å². The molecule has 1 aliphatic heterocycles. The van der Waals surface area contributed by atoms with E-state index in [0.717, 1.165) is 0 Å². The van der Waals surface area contributed by atoms with E-state index >= 15 is 0 Å². The molecule has 0 unspecified atom stereocenters. The number of hydrogen-bond donors (Lipinski definition) is 3. The molecule has 1 saturated heterocycles. The van der Waals surface area contributed by atoms with Crippen LogP contribution in [0.15, 0.2) is 24.3 Å². The smallest absolute Gasteiger partial charge is 0.202 e. The average molecular weight is 239 g/mol. The van der Waals surface area contributed by atoms with Crippen molar-refractivity contribution in [2.45, 2.75) is 31.3 Å². The van der Waals surface area contributed by atoms with E-state index in [4.69, 9.17) is 20.3 Å². The lowest BCUT2D eigenvalue weighted by molar-refractivity contribution is -0.184. The minimum atomic E-state index is -0.528. The first-order valence-electron chi connectivity index (χ1n) is 5.64. The first-order valence-corrected chi connectivity index (χ1v) is 5.64. The van der Waals surface area contributed by atoms with Gasteiger partial charge in [-0.15, -0.1) is 0 Å². The van der Waals surface area contributed by atoms with Crippen molar-refractivity contribution in [2.24, 2.45) is 0 Å². The molecule has 1 fully saturated rings. The molecular weight excluding hydrogens is 222 g/mol. The molecule has 94 valence electrons. The highest BCUT2D eigenvalue weighted by molar-refractivity contribution is 5.41. The molecule has 0 saturated carbocycles. The molecule has 1 heterocycles. The molecule has 0 spiro atoms. The van der Waals surface area contributed by atoms with Crippen molar-refractivity contribution in [3.05, 3.63) is 24.3 Å². The largest absolute Gasteiger partial charge is 0.465 e. The number of aliphatic hydroxyl groups excluding tert-OH is 2. The van der Waals surface area contributed by atoms with Crippen LogP contribution in [0.4, 0.5) is 5.69 Å². The monoisotopic (exact) mass is 239 g/mol. The minimum absolute atomic E-state index is 0.112. The van der Waals surface area contributed by atoms with Crippen LogP contribution in [0.2, 0.25) is 0 Å². The van der Waals surface area contributed by atoms with Crippen molar-refractivity contribution < 1.29 is 19.7 Å². The van der Waals surface area contributed by atoms with Gasteiger partial charge in [-0.2, -0.15) is 0 Å². The van der Waals surface area contributed by atoms with Crippen molar-refractivity contribution in [1.82, 2.24) is 0 Å². The van der Waals surface area contributed by atoms with Crippen LogP contribution >= 0.6 is 0 Å². The van der Waals surface area contributed by atoms with Crippen molar-refractivity contribution in [3.8, 4) is 5.75 Å². The zero-order valence-corrected chi connectivity index (χ0v) is 9.45. The summed E-state index contributed by atoms with van der Waals surface area (Å²) in [5.74, 6) is 0.634. The molecule has 0 aromatic heterocycles. The maximum absolute atomic E-state index is 9.61. The van der Waals surface area contributed by atoms with Crippen molar-refractivity contribution in [3.63, 3.8) is 0 Å². The topological polar surface area (TPSA) is 84.9 Å². The Kier molecular flexibility index (Phi) is 3.83. The van der Waals surface area contributed by atoms with Crippen LogP contribution in [-0.2, 0) is 4.74 Å². The summed E-state index contributed by atoms with van der Waals surface area (Å²) in [6.45, 7) is -0.112. The van der Waals surface area contributed by atoms with Gasteiger partial charge in [0.1, 0.15) is 5.75 Å². The van der Waals surface area contributed by atoms with E-state index in [1.165, 1.54) is 0 Å². The normalized spacial score (nSPS) is 28.9. The van der Waals surface area contributed by atoms with Gasteiger partial charge in [0.2, 0.25) is 6.29 Å². The lowest BCUT2D eigenvalue weighted by atomic mass is 10.1. The fraction of sp³-hybridized carbons (Fsp3) is 0.500. The van der Waals surface area contributed by atoms with Crippen molar-refractivity contribution >= 4 is 5.69 Å². The Hall–Kier alpha value is -1.30. The molecule has 1 aromatic rings. The van der Waals surface area contributed by atoms with E-state index in [1.807, 2.05) is 0 Å². The van der Waals surface area contributed by atoms with Gasteiger partial charge in [-0.05, 0) is 24.3 Å². The second kappa shape index (κ2) is 5.35. The van der Waals surface area contributed by atoms with Crippen molar-refractivity contribution in [1.29, 1.82) is 0 Å². The molecule has 3 atom stereocenters. The van der Waals surface area contributed by atoms with Crippen LogP contribution in [0, 0.1) is 0 Å². The van der Waals surface area contributed by atoms with E-state index in [1.54, 1.807) is 24.3 Å². The Labute approximate surface area is 99.8 Å². The average Bonchev–Trinajstić information content (AvgIpc) is 2.31. The summed E-state index contributed by atoms with van der Waals surface area (Å²) in [5.41, 5.74) is 6.23. The van der Waals surface area contributed by atoms with Gasteiger partial charge in [-0.1, -0.05) is 0 Å². The highest BCUT2D eigenvalue weighted by atomic mass is 16.7. The number of ether oxygens (including phenoxy) is 2. The van der Waals surface area contributed by atoms with Gasteiger partial charge in [0.05, 0.1) is 18.8 Å². The van der Waals surface area contributed by atoms with E-state index in [2.05, 4.69) is 0 Å². The number of hydrogen-bond acceptors (Lipinski definition) is 5. The van der Waals surface area contributed by atoms with Crippen LogP contribution in [-0.4, -0.2) is 35.3 Å². The van der Waals surface area contributed by atoms with Gasteiger partial charge in [0.25, 0.3) is 0 Å². The predicted octanol–water partition coefficient (Wildman–Crippen LogP) is 0.506. The summed E-state index contributed by atoms with van der Waals surface area (Å²) in [4.78, 5) is 0. The summed E-state index contributed by atoms with van der Waals surface area (Å²) >= 11 is 0. The Bertz CT molecular complexity index is 354. The van der Waals surface area contributed by atoms with Crippen LogP contribution < -0.4 is 10.5 Å². The third-order valence-corrected chi connectivity index (χ3v) is 2.69. The van der Waals surface area contributed by atoms with Gasteiger partial charge in [-0.25, -0.2) is 0 Å². The van der Waals surface area contributed by atoms with Gasteiger partial charge in [-0.3, -0.25) is 0 Å². The Morgan fingerprint density at radius 3 is 2.65 bits per heavy atom. The quantitative estimate of drug-likeness (QED) is 0.669. The molecule has 2 rings (SSSR count). The Balaban J connectivity index is 1.95. The highest BCUT2D eigenvalue weighted by Crippen LogP contribution is 2.23. The maximum Gasteiger partial charge on any atom is 0.202 e. The molecule has 0 amide bonds. The second-order valence-corrected chi connectivity index (χ2v) is 4.18. The van der Waals surface area contributed by atoms with Gasteiger partial charge in [0.15, 0.2) is 0 Å². The van der Waals surface area contributed by atoms with E-state index < -0.39 is 12.4 Å². The van der Waals surface area contributed by atoms with Crippen LogP contribution in [0.5, 0.6) is 5.75 Å². The third kappa shape index (κ3) is 3.33. The molecular formula is C12H17NO4. The minimum Gasteiger partial charge on any atom is -0.465 e. The summed E-state index contributed by atoms with van der Waals surface area (Å²) in [6, 6.07) is 6.96. The zero-order valence-electron chi connectivity index (χ0n) is 9.45. The molecule has 4 N–H and O–H groups in total. The van der Waals surface area contributed by atoms with E-state index in [9.17, 15) is 5.11 Å². The standard InChI is InChI=1S/C12H17NO4/c13-8-1-3-10(4-2-8)16-12-6-9(15)5-11(7-14)17-12/h1-4,9,11-12,14-15H,5-7,13H2/t9-,11-,12+/m0/s1. The fourth-order valence-electron chi connectivity index (χ4n) is 1.84. The Morgan fingerprint density at radius 1 is 1.29 bits per heavy atom. The summed E-state index contributed by atoms with van der Waals surface area (Å²) < 4.78 is 11.0. The summed E-state index contributed by atoms with van der Waals surface area (Å²) in [6.07, 6.45) is -0.546. The molecule has 1 aliphatic rings. The first-order chi connectivity index (χ1) is 8.17. The summed E-state index contributed by atoms with van der Waals surface area (Å²) in [5, 5.41) is 18.6. The SMILES string of the molecule is Nc1ccc(O[C@H]2C[C@@H](O)C[C@@H](CO)O2)cc1. The number of benzene rings is 1. The number of rotatable bonds is 3. The van der Waals surface area contributed by atoms with E-state index in [0.29, 0.717) is 24.3 Å². The zero-order chi connectivity index (χ0) is 12.3. The first kappa shape index (κ1) is 12.2. The van der Waals surface area contributed by atoms with Crippen LogP contribution in [0.3, 0.4) is 0 Å². The fourth-order valence-corrected chi connectivity index (χ4v) is 1.84. The third-order valence-electron chi connectivity index (χ3n) is 2.69. The van der Waals surface area contributed by atoms with Gasteiger partial charge >= 0.3 is 0 Å². The number of nitrogen functional groups attached to an aromatic ring is 1. The summed E-state index contributed by atoms with van der Waals surface area (Å²) in [7, 11) is 0. The highest BCUT2D eigenvalue weighted by Gasteiger charge is 2.29. The number of anilines is 1. The van der Waals surface area contributed by atoms with Crippen LogP contribution in [0.1, 0.15) is 12.8 Å². The van der Waals surface area contributed by atoms with Crippen LogP contribution in [0.25, 0.3) is 0 Å². The molecule has 0 aliphatic carbocycles. The Morgan fingerprint density at radius 2 is 2.00 bits per heavy atom. The number of nitrogens with two attached hydrogens (primary N) is 1. The maximum atomic E-state index is 9.61.